The van der Waals surface area contributed by atoms with Gasteiger partial charge in [0, 0.05) is 11.1 Å². The molecule has 0 amide bonds. The van der Waals surface area contributed by atoms with Crippen molar-refractivity contribution < 1.29 is 9.53 Å². The van der Waals surface area contributed by atoms with Crippen LogP contribution in [0.1, 0.15) is 58.9 Å². The van der Waals surface area contributed by atoms with Gasteiger partial charge in [-0.15, -0.1) is 0 Å². The molecular formula is C22H28O2. The predicted molar refractivity (Wildman–Crippen MR) is 100 cm³/mol. The molecule has 0 bridgehead atoms. The zero-order chi connectivity index (χ0) is 18.1. The first-order valence-corrected chi connectivity index (χ1v) is 8.45. The second kappa shape index (κ2) is 6.80. The Morgan fingerprint density at radius 1 is 0.958 bits per heavy atom. The summed E-state index contributed by atoms with van der Waals surface area (Å²) in [6, 6.07) is 9.70. The maximum atomic E-state index is 12.9. The van der Waals surface area contributed by atoms with Crippen LogP contribution in [-0.4, -0.2) is 12.4 Å². The summed E-state index contributed by atoms with van der Waals surface area (Å²) in [4.78, 5) is 12.9. The van der Waals surface area contributed by atoms with Crippen molar-refractivity contribution in [2.75, 3.05) is 6.61 Å². The van der Waals surface area contributed by atoms with Crippen molar-refractivity contribution >= 4 is 5.78 Å². The van der Waals surface area contributed by atoms with Crippen molar-refractivity contribution in [2.45, 2.75) is 48.5 Å². The first-order chi connectivity index (χ1) is 11.1. The fourth-order valence-electron chi connectivity index (χ4n) is 2.67. The number of benzene rings is 2. The minimum Gasteiger partial charge on any atom is -0.492 e. The van der Waals surface area contributed by atoms with Gasteiger partial charge >= 0.3 is 0 Å². The summed E-state index contributed by atoms with van der Waals surface area (Å²) < 4.78 is 6.06. The van der Waals surface area contributed by atoms with Gasteiger partial charge in [-0.25, -0.2) is 0 Å². The Kier molecular flexibility index (Phi) is 5.17. The minimum absolute atomic E-state index is 0.0704. The second-order valence-corrected chi connectivity index (χ2v) is 7.86. The molecule has 0 heterocycles. The van der Waals surface area contributed by atoms with Gasteiger partial charge in [-0.05, 0) is 55.9 Å². The van der Waals surface area contributed by atoms with Crippen LogP contribution in [0.2, 0.25) is 0 Å². The van der Waals surface area contributed by atoms with Gasteiger partial charge in [0.1, 0.15) is 5.75 Å². The van der Waals surface area contributed by atoms with E-state index < -0.39 is 0 Å². The molecule has 0 aliphatic carbocycles. The number of rotatable bonds is 4. The topological polar surface area (TPSA) is 26.3 Å². The zero-order valence-corrected chi connectivity index (χ0v) is 15.9. The first kappa shape index (κ1) is 18.3. The molecule has 0 fully saturated rings. The fraction of sp³-hybridized carbons (Fsp3) is 0.409. The normalized spacial score (nSPS) is 11.5. The number of hydrogen-bond acceptors (Lipinski definition) is 2. The molecule has 0 aliphatic rings. The minimum atomic E-state index is 0.0704. The van der Waals surface area contributed by atoms with E-state index in [1.54, 1.807) is 0 Å². The SMILES string of the molecule is Cc1ccc(C(=O)c2cc(C)c(OCC(C)(C)C)c(C)c2C)cc1. The smallest absolute Gasteiger partial charge is 0.193 e. The number of ether oxygens (including phenoxy) is 1. The lowest BCUT2D eigenvalue weighted by Gasteiger charge is -2.22. The second-order valence-electron chi connectivity index (χ2n) is 7.86. The van der Waals surface area contributed by atoms with E-state index in [0.29, 0.717) is 6.61 Å². The molecule has 0 spiro atoms. The molecule has 2 aromatic carbocycles. The van der Waals surface area contributed by atoms with Crippen LogP contribution in [0.25, 0.3) is 0 Å². The fourth-order valence-corrected chi connectivity index (χ4v) is 2.67. The van der Waals surface area contributed by atoms with Crippen molar-refractivity contribution in [2.24, 2.45) is 5.41 Å². The molecular weight excluding hydrogens is 296 g/mol. The van der Waals surface area contributed by atoms with Crippen LogP contribution in [0.15, 0.2) is 30.3 Å². The Labute approximate surface area is 145 Å². The van der Waals surface area contributed by atoms with E-state index in [9.17, 15) is 4.79 Å². The van der Waals surface area contributed by atoms with E-state index in [-0.39, 0.29) is 11.2 Å². The van der Waals surface area contributed by atoms with Crippen molar-refractivity contribution in [1.82, 2.24) is 0 Å². The van der Waals surface area contributed by atoms with Gasteiger partial charge in [-0.3, -0.25) is 4.79 Å². The van der Waals surface area contributed by atoms with Crippen LogP contribution >= 0.6 is 0 Å². The van der Waals surface area contributed by atoms with Crippen molar-refractivity contribution in [3.63, 3.8) is 0 Å². The Hall–Kier alpha value is -2.09. The lowest BCUT2D eigenvalue weighted by atomic mass is 9.92. The molecule has 128 valence electrons. The third-order valence-electron chi connectivity index (χ3n) is 4.23. The molecule has 0 saturated heterocycles. The summed E-state index contributed by atoms with van der Waals surface area (Å²) in [5.41, 5.74) is 5.80. The lowest BCUT2D eigenvalue weighted by molar-refractivity contribution is 0.103. The zero-order valence-electron chi connectivity index (χ0n) is 15.9. The molecule has 2 heteroatoms. The lowest BCUT2D eigenvalue weighted by Crippen LogP contribution is -2.18. The Bertz CT molecular complexity index is 747. The molecule has 0 N–H and O–H groups in total. The van der Waals surface area contributed by atoms with Gasteiger partial charge in [0.25, 0.3) is 0 Å². The summed E-state index contributed by atoms with van der Waals surface area (Å²) in [6.07, 6.45) is 0. The molecule has 0 aromatic heterocycles. The Balaban J connectivity index is 2.39. The van der Waals surface area contributed by atoms with E-state index in [0.717, 1.165) is 39.1 Å². The number of aryl methyl sites for hydroxylation is 2. The van der Waals surface area contributed by atoms with Gasteiger partial charge in [-0.1, -0.05) is 50.6 Å². The first-order valence-electron chi connectivity index (χ1n) is 8.45. The highest BCUT2D eigenvalue weighted by Gasteiger charge is 2.19. The van der Waals surface area contributed by atoms with E-state index >= 15 is 0 Å². The van der Waals surface area contributed by atoms with Crippen molar-refractivity contribution in [1.29, 1.82) is 0 Å². The standard InChI is InChI=1S/C22H28O2/c1-14-8-10-18(11-9-14)20(23)19-12-15(2)21(17(4)16(19)3)24-13-22(5,6)7/h8-12H,13H2,1-7H3. The monoisotopic (exact) mass is 324 g/mol. The summed E-state index contributed by atoms with van der Waals surface area (Å²) in [5.74, 6) is 0.976. The third kappa shape index (κ3) is 4.05. The summed E-state index contributed by atoms with van der Waals surface area (Å²) in [6.45, 7) is 15.2. The summed E-state index contributed by atoms with van der Waals surface area (Å²) in [5, 5.41) is 0. The summed E-state index contributed by atoms with van der Waals surface area (Å²) in [7, 11) is 0. The van der Waals surface area contributed by atoms with Gasteiger partial charge in [0.05, 0.1) is 6.61 Å². The largest absolute Gasteiger partial charge is 0.492 e. The molecule has 2 nitrogen and oxygen atoms in total. The van der Waals surface area contributed by atoms with E-state index in [1.165, 1.54) is 0 Å². The molecule has 0 unspecified atom stereocenters. The van der Waals surface area contributed by atoms with Crippen LogP contribution in [-0.2, 0) is 0 Å². The van der Waals surface area contributed by atoms with Gasteiger partial charge in [0.15, 0.2) is 5.78 Å². The van der Waals surface area contributed by atoms with E-state index in [1.807, 2.05) is 58.0 Å². The highest BCUT2D eigenvalue weighted by Crippen LogP contribution is 2.31. The van der Waals surface area contributed by atoms with Gasteiger partial charge in [-0.2, -0.15) is 0 Å². The number of carbonyl (C=O) groups is 1. The highest BCUT2D eigenvalue weighted by atomic mass is 16.5. The van der Waals surface area contributed by atoms with Crippen LogP contribution in [0.4, 0.5) is 0 Å². The van der Waals surface area contributed by atoms with Gasteiger partial charge in [0.2, 0.25) is 0 Å². The highest BCUT2D eigenvalue weighted by molar-refractivity contribution is 6.10. The van der Waals surface area contributed by atoms with Gasteiger partial charge < -0.3 is 4.74 Å². The average Bonchev–Trinajstić information content (AvgIpc) is 2.50. The van der Waals surface area contributed by atoms with Crippen LogP contribution < -0.4 is 4.74 Å². The maximum absolute atomic E-state index is 12.9. The van der Waals surface area contributed by atoms with Crippen LogP contribution in [0.5, 0.6) is 5.75 Å². The Morgan fingerprint density at radius 2 is 1.54 bits per heavy atom. The van der Waals surface area contributed by atoms with E-state index in [4.69, 9.17) is 4.74 Å². The third-order valence-corrected chi connectivity index (χ3v) is 4.23. The number of ketones is 1. The maximum Gasteiger partial charge on any atom is 0.193 e. The van der Waals surface area contributed by atoms with E-state index in [2.05, 4.69) is 20.8 Å². The summed E-state index contributed by atoms with van der Waals surface area (Å²) >= 11 is 0. The predicted octanol–water partition coefficient (Wildman–Crippen LogP) is 5.58. The van der Waals surface area contributed by atoms with Crippen molar-refractivity contribution in [3.05, 3.63) is 63.7 Å². The van der Waals surface area contributed by atoms with Crippen molar-refractivity contribution in [3.8, 4) is 5.75 Å². The molecule has 24 heavy (non-hydrogen) atoms. The number of hydrogen-bond donors (Lipinski definition) is 0. The molecule has 2 rings (SSSR count). The van der Waals surface area contributed by atoms with Crippen LogP contribution in [0.3, 0.4) is 0 Å². The molecule has 2 aromatic rings. The Morgan fingerprint density at radius 3 is 2.08 bits per heavy atom. The molecule has 0 saturated carbocycles. The molecule has 0 aliphatic heterocycles. The molecule has 0 radical (unpaired) electrons. The average molecular weight is 324 g/mol. The number of carbonyl (C=O) groups excluding carboxylic acids is 1. The van der Waals surface area contributed by atoms with Crippen LogP contribution in [0, 0.1) is 33.1 Å². The quantitative estimate of drug-likeness (QED) is 0.687. The molecule has 0 atom stereocenters.